The zero-order valence-electron chi connectivity index (χ0n) is 9.02. The number of nitrogens with zero attached hydrogens (tertiary/aromatic N) is 1. The minimum Gasteiger partial charge on any atom is -0.346 e. The number of nitrogens with one attached hydrogen (secondary N) is 1. The van der Waals surface area contributed by atoms with Crippen LogP contribution in [-0.4, -0.2) is 22.9 Å². The van der Waals surface area contributed by atoms with E-state index in [1.807, 2.05) is 0 Å². The first-order valence-electron chi connectivity index (χ1n) is 4.61. The highest BCUT2D eigenvalue weighted by Crippen LogP contribution is 2.22. The summed E-state index contributed by atoms with van der Waals surface area (Å²) in [6, 6.07) is 1.26. The quantitative estimate of drug-likeness (QED) is 0.611. The smallest absolute Gasteiger partial charge is 0.324 e. The van der Waals surface area contributed by atoms with Crippen LogP contribution in [0.25, 0.3) is 0 Å². The zero-order valence-corrected chi connectivity index (χ0v) is 9.84. The van der Waals surface area contributed by atoms with Gasteiger partial charge >= 0.3 is 5.00 Å². The van der Waals surface area contributed by atoms with Gasteiger partial charge in [-0.3, -0.25) is 14.9 Å². The van der Waals surface area contributed by atoms with Gasteiger partial charge in [-0.05, 0) is 13.8 Å². The number of hydrogen-bond acceptors (Lipinski definition) is 5. The van der Waals surface area contributed by atoms with E-state index in [1.165, 1.54) is 11.4 Å². The van der Waals surface area contributed by atoms with E-state index < -0.39 is 10.5 Å². The fourth-order valence-corrected chi connectivity index (χ4v) is 1.67. The van der Waals surface area contributed by atoms with Crippen LogP contribution in [-0.2, 0) is 0 Å². The largest absolute Gasteiger partial charge is 0.346 e. The number of rotatable bonds is 4. The van der Waals surface area contributed by atoms with Crippen molar-refractivity contribution in [2.45, 2.75) is 19.4 Å². The van der Waals surface area contributed by atoms with Gasteiger partial charge in [0, 0.05) is 23.5 Å². The van der Waals surface area contributed by atoms with Crippen LogP contribution in [0.5, 0.6) is 0 Å². The predicted octanol–water partition coefficient (Wildman–Crippen LogP) is 1.12. The second-order valence-corrected chi connectivity index (χ2v) is 4.86. The molecule has 0 radical (unpaired) electrons. The number of thiophene rings is 1. The average Bonchev–Trinajstić information content (AvgIpc) is 2.66. The molecule has 0 atom stereocenters. The lowest BCUT2D eigenvalue weighted by Gasteiger charge is -2.23. The molecule has 0 unspecified atom stereocenters. The first-order chi connectivity index (χ1) is 7.35. The van der Waals surface area contributed by atoms with E-state index in [0.717, 1.165) is 11.3 Å². The molecular formula is C9H13N3O3S. The van der Waals surface area contributed by atoms with Gasteiger partial charge in [0.05, 0.1) is 10.5 Å². The highest BCUT2D eigenvalue weighted by molar-refractivity contribution is 7.13. The van der Waals surface area contributed by atoms with Crippen molar-refractivity contribution in [3.63, 3.8) is 0 Å². The van der Waals surface area contributed by atoms with Gasteiger partial charge in [-0.25, -0.2) is 0 Å². The van der Waals surface area contributed by atoms with Gasteiger partial charge in [0.1, 0.15) is 0 Å². The molecule has 0 saturated carbocycles. The Hall–Kier alpha value is -1.47. The van der Waals surface area contributed by atoms with Gasteiger partial charge in [0.25, 0.3) is 5.91 Å². The Labute approximate surface area is 96.6 Å². The molecule has 6 nitrogen and oxygen atoms in total. The molecule has 1 amide bonds. The van der Waals surface area contributed by atoms with E-state index in [2.05, 4.69) is 5.32 Å². The molecule has 1 aromatic rings. The van der Waals surface area contributed by atoms with Gasteiger partial charge in [0.15, 0.2) is 0 Å². The number of amides is 1. The summed E-state index contributed by atoms with van der Waals surface area (Å²) in [6.45, 7) is 3.86. The Morgan fingerprint density at radius 2 is 2.31 bits per heavy atom. The number of nitro groups is 1. The maximum Gasteiger partial charge on any atom is 0.324 e. The van der Waals surface area contributed by atoms with Crippen molar-refractivity contribution in [3.05, 3.63) is 27.1 Å². The van der Waals surface area contributed by atoms with Crippen molar-refractivity contribution < 1.29 is 9.72 Å². The lowest BCUT2D eigenvalue weighted by atomic mass is 10.1. The third-order valence-corrected chi connectivity index (χ3v) is 2.87. The summed E-state index contributed by atoms with van der Waals surface area (Å²) in [5, 5.41) is 14.5. The van der Waals surface area contributed by atoms with E-state index in [0.29, 0.717) is 12.1 Å². The summed E-state index contributed by atoms with van der Waals surface area (Å²) in [5.41, 5.74) is 5.24. The molecule has 0 saturated heterocycles. The lowest BCUT2D eigenvalue weighted by Crippen LogP contribution is -2.48. The van der Waals surface area contributed by atoms with Gasteiger partial charge in [0.2, 0.25) is 0 Å². The van der Waals surface area contributed by atoms with E-state index in [1.54, 1.807) is 13.8 Å². The Morgan fingerprint density at radius 3 is 2.75 bits per heavy atom. The van der Waals surface area contributed by atoms with Crippen molar-refractivity contribution in [1.82, 2.24) is 5.32 Å². The van der Waals surface area contributed by atoms with Crippen LogP contribution in [0, 0.1) is 10.1 Å². The Morgan fingerprint density at radius 1 is 1.69 bits per heavy atom. The summed E-state index contributed by atoms with van der Waals surface area (Å²) >= 11 is 0.928. The first kappa shape index (κ1) is 12.6. The maximum atomic E-state index is 11.7. The molecule has 1 rings (SSSR count). The van der Waals surface area contributed by atoms with Gasteiger partial charge in [-0.1, -0.05) is 11.3 Å². The highest BCUT2D eigenvalue weighted by atomic mass is 32.1. The summed E-state index contributed by atoms with van der Waals surface area (Å²) < 4.78 is 0. The van der Waals surface area contributed by atoms with E-state index in [4.69, 9.17) is 5.73 Å². The van der Waals surface area contributed by atoms with Crippen molar-refractivity contribution in [2.75, 3.05) is 6.54 Å². The van der Waals surface area contributed by atoms with Crippen LogP contribution < -0.4 is 11.1 Å². The second kappa shape index (κ2) is 4.58. The number of carbonyl (C=O) groups excluding carboxylic acids is 1. The summed E-state index contributed by atoms with van der Waals surface area (Å²) in [4.78, 5) is 21.6. The predicted molar refractivity (Wildman–Crippen MR) is 61.6 cm³/mol. The number of hydrogen-bond donors (Lipinski definition) is 2. The molecule has 0 spiro atoms. The third kappa shape index (κ3) is 3.01. The highest BCUT2D eigenvalue weighted by Gasteiger charge is 2.21. The van der Waals surface area contributed by atoms with Crippen LogP contribution in [0.2, 0.25) is 0 Å². The van der Waals surface area contributed by atoms with E-state index in [-0.39, 0.29) is 10.9 Å². The van der Waals surface area contributed by atoms with Crippen LogP contribution >= 0.6 is 11.3 Å². The molecule has 0 aliphatic heterocycles. The third-order valence-electron chi connectivity index (χ3n) is 1.99. The Bertz CT molecular complexity index is 414. The maximum absolute atomic E-state index is 11.7. The minimum absolute atomic E-state index is 0.0456. The van der Waals surface area contributed by atoms with Gasteiger partial charge < -0.3 is 11.1 Å². The van der Waals surface area contributed by atoms with Crippen LogP contribution in [0.3, 0.4) is 0 Å². The summed E-state index contributed by atoms with van der Waals surface area (Å²) in [5.74, 6) is -0.347. The van der Waals surface area contributed by atoms with E-state index >= 15 is 0 Å². The van der Waals surface area contributed by atoms with Crippen LogP contribution in [0.15, 0.2) is 11.4 Å². The molecule has 0 aliphatic carbocycles. The Kier molecular flexibility index (Phi) is 3.61. The van der Waals surface area contributed by atoms with Crippen molar-refractivity contribution in [1.29, 1.82) is 0 Å². The first-order valence-corrected chi connectivity index (χ1v) is 5.49. The topological polar surface area (TPSA) is 98.3 Å². The molecule has 7 heteroatoms. The van der Waals surface area contributed by atoms with Gasteiger partial charge in [-0.2, -0.15) is 0 Å². The van der Waals surface area contributed by atoms with Crippen LogP contribution in [0.1, 0.15) is 24.2 Å². The fraction of sp³-hybridized carbons (Fsp3) is 0.444. The Balaban J connectivity index is 2.77. The molecular weight excluding hydrogens is 230 g/mol. The minimum atomic E-state index is -0.520. The summed E-state index contributed by atoms with van der Waals surface area (Å²) in [6.07, 6.45) is 0. The van der Waals surface area contributed by atoms with Crippen molar-refractivity contribution in [2.24, 2.45) is 5.73 Å². The van der Waals surface area contributed by atoms with Crippen LogP contribution in [0.4, 0.5) is 5.00 Å². The molecule has 0 bridgehead atoms. The lowest BCUT2D eigenvalue weighted by molar-refractivity contribution is -0.380. The zero-order chi connectivity index (χ0) is 12.3. The van der Waals surface area contributed by atoms with Crippen molar-refractivity contribution >= 4 is 22.2 Å². The SMILES string of the molecule is CC(C)(CN)NC(=O)c1csc([N+](=O)[O-])c1. The molecule has 0 fully saturated rings. The molecule has 88 valence electrons. The normalized spacial score (nSPS) is 11.2. The molecule has 1 heterocycles. The molecule has 0 aliphatic rings. The second-order valence-electron chi connectivity index (χ2n) is 3.97. The van der Waals surface area contributed by atoms with E-state index in [9.17, 15) is 14.9 Å². The fourth-order valence-electron chi connectivity index (χ4n) is 0.970. The molecule has 3 N–H and O–H groups in total. The molecule has 16 heavy (non-hydrogen) atoms. The molecule has 1 aromatic heterocycles. The molecule has 0 aromatic carbocycles. The van der Waals surface area contributed by atoms with Gasteiger partial charge in [-0.15, -0.1) is 0 Å². The standard InChI is InChI=1S/C9H13N3O3S/c1-9(2,5-10)11-8(13)6-3-7(12(14)15)16-4-6/h3-4H,5,10H2,1-2H3,(H,11,13). The number of nitrogens with two attached hydrogens (primary N) is 1. The van der Waals surface area contributed by atoms with Crippen molar-refractivity contribution in [3.8, 4) is 0 Å². The number of carbonyl (C=O) groups is 1. The monoisotopic (exact) mass is 243 g/mol. The average molecular weight is 243 g/mol. The summed E-state index contributed by atoms with van der Waals surface area (Å²) in [7, 11) is 0.